The van der Waals surface area contributed by atoms with Crippen molar-refractivity contribution in [1.29, 1.82) is 0 Å². The van der Waals surface area contributed by atoms with Crippen LogP contribution in [0.25, 0.3) is 11.1 Å². The summed E-state index contributed by atoms with van der Waals surface area (Å²) in [4.78, 5) is 0. The fraction of sp³-hybridized carbons (Fsp3) is 0.429. The van der Waals surface area contributed by atoms with Crippen molar-refractivity contribution in [1.82, 2.24) is 0 Å². The van der Waals surface area contributed by atoms with Crippen LogP contribution in [0.1, 0.15) is 81.3 Å². The smallest absolute Gasteiger partial charge is 1.00 e. The Balaban J connectivity index is 0.000000995. The minimum atomic E-state index is 0. The Morgan fingerprint density at radius 2 is 1.39 bits per heavy atom. The van der Waals surface area contributed by atoms with Gasteiger partial charge in [-0.15, -0.1) is 23.1 Å². The van der Waals surface area contributed by atoms with Gasteiger partial charge in [0.2, 0.25) is 0 Å². The first-order valence-electron chi connectivity index (χ1n) is 10.4. The molecule has 2 aliphatic rings. The molecule has 0 spiro atoms. The van der Waals surface area contributed by atoms with Gasteiger partial charge in [0, 0.05) is 0 Å². The predicted octanol–water partition coefficient (Wildman–Crippen LogP) is 1.58. The van der Waals surface area contributed by atoms with Crippen LogP contribution in [0.3, 0.4) is 0 Å². The van der Waals surface area contributed by atoms with E-state index < -0.39 is 0 Å². The van der Waals surface area contributed by atoms with E-state index in [-0.39, 0.29) is 61.8 Å². The standard InChI is InChI=1S/C23H29.C5H5.2ClH.Zr/c1-14-9-16-11-17-10-15(2)21(23(6,7)8)13-19(17)18(16)12-20(14)22(3,4)5;1-2-4-5-3-1;;;/h9,12-13H,11H2,1-8H3;1-3H,4H2;2*1H;/q2*-1;;;+4/p-2. The molecule has 0 heterocycles. The molecule has 0 atom stereocenters. The largest absolute Gasteiger partial charge is 4.00 e. The molecule has 2 aliphatic carbocycles. The molecular formula is C28H34Cl2Zr. The van der Waals surface area contributed by atoms with Crippen LogP contribution in [0.15, 0.2) is 36.4 Å². The second-order valence-corrected chi connectivity index (χ2v) is 10.2. The second kappa shape index (κ2) is 11.5. The molecule has 0 unspecified atom stereocenters. The van der Waals surface area contributed by atoms with Gasteiger partial charge < -0.3 is 24.8 Å². The van der Waals surface area contributed by atoms with Crippen LogP contribution in [-0.2, 0) is 43.5 Å². The Kier molecular flexibility index (Phi) is 11.3. The molecule has 4 rings (SSSR count). The van der Waals surface area contributed by atoms with E-state index >= 15 is 0 Å². The normalized spacial score (nSPS) is 13.2. The van der Waals surface area contributed by atoms with E-state index in [1.54, 1.807) is 0 Å². The Morgan fingerprint density at radius 3 is 1.84 bits per heavy atom. The van der Waals surface area contributed by atoms with Crippen molar-refractivity contribution < 1.29 is 51.0 Å². The van der Waals surface area contributed by atoms with Crippen LogP contribution in [-0.4, -0.2) is 0 Å². The maximum absolute atomic E-state index is 3.69. The summed E-state index contributed by atoms with van der Waals surface area (Å²) < 4.78 is 0. The number of benzene rings is 2. The molecule has 0 fully saturated rings. The van der Waals surface area contributed by atoms with Crippen molar-refractivity contribution in [3.8, 4) is 11.1 Å². The zero-order valence-corrected chi connectivity index (χ0v) is 24.1. The first-order valence-corrected chi connectivity index (χ1v) is 10.4. The number of rotatable bonds is 0. The maximum atomic E-state index is 3.69. The first-order chi connectivity index (χ1) is 13.0. The van der Waals surface area contributed by atoms with E-state index in [0.717, 1.165) is 12.8 Å². The van der Waals surface area contributed by atoms with Crippen molar-refractivity contribution in [2.75, 3.05) is 0 Å². The van der Waals surface area contributed by atoms with Gasteiger partial charge in [-0.05, 0) is 35.4 Å². The van der Waals surface area contributed by atoms with Gasteiger partial charge in [0.1, 0.15) is 0 Å². The summed E-state index contributed by atoms with van der Waals surface area (Å²) in [6.07, 6.45) is 11.0. The third kappa shape index (κ3) is 6.93. The molecule has 2 aromatic rings. The average molecular weight is 533 g/mol. The van der Waals surface area contributed by atoms with Gasteiger partial charge in [-0.2, -0.15) is 23.8 Å². The predicted molar refractivity (Wildman–Crippen MR) is 122 cm³/mol. The summed E-state index contributed by atoms with van der Waals surface area (Å²) in [5.74, 6) is 0. The number of fused-ring (bicyclic) bond motifs is 3. The quantitative estimate of drug-likeness (QED) is 0.386. The van der Waals surface area contributed by atoms with Crippen molar-refractivity contribution in [2.24, 2.45) is 0 Å². The van der Waals surface area contributed by atoms with Crippen LogP contribution in [0.2, 0.25) is 0 Å². The van der Waals surface area contributed by atoms with Crippen LogP contribution in [0.5, 0.6) is 0 Å². The molecular weight excluding hydrogens is 498 g/mol. The molecule has 0 saturated carbocycles. The van der Waals surface area contributed by atoms with E-state index in [4.69, 9.17) is 0 Å². The van der Waals surface area contributed by atoms with Crippen molar-refractivity contribution in [2.45, 2.75) is 79.1 Å². The first kappa shape index (κ1) is 30.4. The van der Waals surface area contributed by atoms with Gasteiger partial charge in [-0.1, -0.05) is 71.6 Å². The van der Waals surface area contributed by atoms with Gasteiger partial charge in [-0.25, -0.2) is 12.2 Å². The minimum Gasteiger partial charge on any atom is -1.00 e. The van der Waals surface area contributed by atoms with Crippen molar-refractivity contribution in [3.05, 3.63) is 82.0 Å². The molecule has 2 aromatic carbocycles. The third-order valence-corrected chi connectivity index (χ3v) is 5.67. The number of hydrogen-bond donors (Lipinski definition) is 0. The fourth-order valence-corrected chi connectivity index (χ4v) is 4.36. The van der Waals surface area contributed by atoms with Crippen LogP contribution in [0.4, 0.5) is 0 Å². The topological polar surface area (TPSA) is 0 Å². The van der Waals surface area contributed by atoms with Crippen LogP contribution < -0.4 is 24.8 Å². The Morgan fingerprint density at radius 1 is 0.806 bits per heavy atom. The summed E-state index contributed by atoms with van der Waals surface area (Å²) in [6, 6.07) is 10.9. The summed E-state index contributed by atoms with van der Waals surface area (Å²) >= 11 is 0. The van der Waals surface area contributed by atoms with E-state index in [1.807, 2.05) is 12.2 Å². The van der Waals surface area contributed by atoms with E-state index in [1.165, 1.54) is 44.5 Å². The molecule has 0 aliphatic heterocycles. The number of hydrogen-bond acceptors (Lipinski definition) is 0. The molecule has 0 amide bonds. The summed E-state index contributed by atoms with van der Waals surface area (Å²) in [5.41, 5.74) is 11.6. The third-order valence-electron chi connectivity index (χ3n) is 5.67. The van der Waals surface area contributed by atoms with Gasteiger partial charge in [0.15, 0.2) is 0 Å². The maximum Gasteiger partial charge on any atom is 4.00 e. The molecule has 31 heavy (non-hydrogen) atoms. The minimum absolute atomic E-state index is 0. The van der Waals surface area contributed by atoms with Gasteiger partial charge in [0.25, 0.3) is 0 Å². The van der Waals surface area contributed by atoms with Gasteiger partial charge in [0.05, 0.1) is 0 Å². The number of aryl methyl sites for hydroxylation is 2. The van der Waals surface area contributed by atoms with Crippen molar-refractivity contribution >= 4 is 0 Å². The average Bonchev–Trinajstić information content (AvgIpc) is 3.21. The monoisotopic (exact) mass is 530 g/mol. The molecule has 0 radical (unpaired) electrons. The molecule has 0 saturated heterocycles. The summed E-state index contributed by atoms with van der Waals surface area (Å²) in [5, 5.41) is 0. The second-order valence-electron chi connectivity index (χ2n) is 10.2. The molecule has 0 aromatic heterocycles. The Hall–Kier alpha value is -0.617. The Bertz CT molecular complexity index is 877. The summed E-state index contributed by atoms with van der Waals surface area (Å²) in [7, 11) is 0. The van der Waals surface area contributed by atoms with E-state index in [2.05, 4.69) is 91.8 Å². The summed E-state index contributed by atoms with van der Waals surface area (Å²) in [6.45, 7) is 18.2. The van der Waals surface area contributed by atoms with Gasteiger partial charge >= 0.3 is 26.2 Å². The molecule has 164 valence electrons. The van der Waals surface area contributed by atoms with Crippen LogP contribution in [0, 0.1) is 26.0 Å². The van der Waals surface area contributed by atoms with Gasteiger partial charge in [-0.3, -0.25) is 6.08 Å². The molecule has 3 heteroatoms. The molecule has 0 nitrogen and oxygen atoms in total. The fourth-order valence-electron chi connectivity index (χ4n) is 4.36. The zero-order valence-electron chi connectivity index (χ0n) is 20.1. The molecule has 0 N–H and O–H groups in total. The van der Waals surface area contributed by atoms with E-state index in [9.17, 15) is 0 Å². The number of halogens is 2. The SMILES string of the molecule is Cc1[c-]c2c(cc1C(C)(C)C)-c1cc(C(C)(C)C)c(C)cc1C2.[C-]1=CC=CC1.[Cl-].[Cl-].[Zr+4]. The van der Waals surface area contributed by atoms with Crippen LogP contribution >= 0.6 is 0 Å². The Labute approximate surface area is 221 Å². The van der Waals surface area contributed by atoms with E-state index in [0.29, 0.717) is 0 Å². The zero-order chi connectivity index (χ0) is 20.7. The number of allylic oxidation sites excluding steroid dienone is 4. The van der Waals surface area contributed by atoms with Crippen molar-refractivity contribution in [3.63, 3.8) is 0 Å². The molecule has 0 bridgehead atoms.